The number of rotatable bonds is 4. The van der Waals surface area contributed by atoms with Crippen molar-refractivity contribution in [1.82, 2.24) is 9.80 Å². The number of hydrogen-bond donors (Lipinski definition) is 0. The highest BCUT2D eigenvalue weighted by Gasteiger charge is 2.28. The molecule has 0 aromatic heterocycles. The van der Waals surface area contributed by atoms with E-state index in [0.717, 1.165) is 43.9 Å². The lowest BCUT2D eigenvalue weighted by Gasteiger charge is -2.42. The van der Waals surface area contributed by atoms with E-state index >= 15 is 0 Å². The van der Waals surface area contributed by atoms with Crippen LogP contribution in [0.25, 0.3) is 0 Å². The molecular formula is C19H28N2O2. The van der Waals surface area contributed by atoms with Crippen molar-refractivity contribution in [3.63, 3.8) is 0 Å². The standard InChI is InChI=1S/C19H28N2O2/c1-16-6-5-7-17(14-16)20-10-12-21(13-11-20)19(22)15-23-18-8-3-2-4-9-18/h2-4,8-9,16-17H,5-7,10-15H2,1H3. The average molecular weight is 316 g/mol. The molecule has 1 saturated carbocycles. The third-order valence-electron chi connectivity index (χ3n) is 5.20. The van der Waals surface area contributed by atoms with Gasteiger partial charge in [0.05, 0.1) is 0 Å². The molecule has 4 heteroatoms. The lowest BCUT2D eigenvalue weighted by Crippen LogP contribution is -2.53. The number of piperazine rings is 1. The Morgan fingerprint density at radius 2 is 1.87 bits per heavy atom. The summed E-state index contributed by atoms with van der Waals surface area (Å²) >= 11 is 0. The van der Waals surface area contributed by atoms with Gasteiger partial charge in [-0.05, 0) is 30.9 Å². The molecule has 1 saturated heterocycles. The first-order chi connectivity index (χ1) is 11.2. The average Bonchev–Trinajstić information content (AvgIpc) is 2.61. The first kappa shape index (κ1) is 16.3. The Bertz CT molecular complexity index is 497. The molecule has 1 heterocycles. The third kappa shape index (κ3) is 4.47. The van der Waals surface area contributed by atoms with Crippen LogP contribution in [-0.4, -0.2) is 54.5 Å². The Kier molecular flexibility index (Phi) is 5.55. The molecule has 0 radical (unpaired) electrons. The zero-order valence-corrected chi connectivity index (χ0v) is 14.1. The summed E-state index contributed by atoms with van der Waals surface area (Å²) in [6.45, 7) is 6.20. The highest BCUT2D eigenvalue weighted by Crippen LogP contribution is 2.27. The van der Waals surface area contributed by atoms with Gasteiger partial charge < -0.3 is 9.64 Å². The van der Waals surface area contributed by atoms with E-state index in [1.54, 1.807) is 0 Å². The van der Waals surface area contributed by atoms with Crippen molar-refractivity contribution in [1.29, 1.82) is 0 Å². The molecular weight excluding hydrogens is 288 g/mol. The summed E-state index contributed by atoms with van der Waals surface area (Å²) < 4.78 is 5.57. The zero-order valence-electron chi connectivity index (χ0n) is 14.1. The van der Waals surface area contributed by atoms with E-state index in [1.807, 2.05) is 35.2 Å². The molecule has 2 unspecified atom stereocenters. The minimum Gasteiger partial charge on any atom is -0.484 e. The monoisotopic (exact) mass is 316 g/mol. The Labute approximate surface area is 139 Å². The number of nitrogens with zero attached hydrogens (tertiary/aromatic N) is 2. The molecule has 1 aliphatic carbocycles. The molecule has 1 aliphatic heterocycles. The molecule has 0 bridgehead atoms. The molecule has 2 aliphatic rings. The van der Waals surface area contributed by atoms with Crippen molar-refractivity contribution in [2.24, 2.45) is 5.92 Å². The topological polar surface area (TPSA) is 32.8 Å². The van der Waals surface area contributed by atoms with Crippen LogP contribution in [-0.2, 0) is 4.79 Å². The molecule has 0 spiro atoms. The second-order valence-electron chi connectivity index (χ2n) is 6.94. The van der Waals surface area contributed by atoms with Crippen molar-refractivity contribution in [2.45, 2.75) is 38.6 Å². The summed E-state index contributed by atoms with van der Waals surface area (Å²) in [6.07, 6.45) is 5.39. The second kappa shape index (κ2) is 7.82. The maximum Gasteiger partial charge on any atom is 0.260 e. The summed E-state index contributed by atoms with van der Waals surface area (Å²) in [7, 11) is 0. The number of carbonyl (C=O) groups excluding carboxylic acids is 1. The Morgan fingerprint density at radius 3 is 2.57 bits per heavy atom. The molecule has 3 rings (SSSR count). The Balaban J connectivity index is 1.42. The molecule has 2 atom stereocenters. The molecule has 1 aromatic carbocycles. The molecule has 126 valence electrons. The molecule has 23 heavy (non-hydrogen) atoms. The SMILES string of the molecule is CC1CCCC(N2CCN(C(=O)COc3ccccc3)CC2)C1. The quantitative estimate of drug-likeness (QED) is 0.856. The van der Waals surface area contributed by atoms with Crippen molar-refractivity contribution < 1.29 is 9.53 Å². The van der Waals surface area contributed by atoms with Crippen LogP contribution in [0.1, 0.15) is 32.6 Å². The van der Waals surface area contributed by atoms with Crippen LogP contribution in [0.15, 0.2) is 30.3 Å². The van der Waals surface area contributed by atoms with Gasteiger partial charge in [0.25, 0.3) is 5.91 Å². The summed E-state index contributed by atoms with van der Waals surface area (Å²) in [5.41, 5.74) is 0. The number of hydrogen-bond acceptors (Lipinski definition) is 3. The van der Waals surface area contributed by atoms with Crippen molar-refractivity contribution >= 4 is 5.91 Å². The predicted molar refractivity (Wildman–Crippen MR) is 91.5 cm³/mol. The molecule has 1 amide bonds. The number of benzene rings is 1. The fourth-order valence-corrected chi connectivity index (χ4v) is 3.82. The smallest absolute Gasteiger partial charge is 0.260 e. The largest absolute Gasteiger partial charge is 0.484 e. The van der Waals surface area contributed by atoms with Crippen molar-refractivity contribution in [2.75, 3.05) is 32.8 Å². The van der Waals surface area contributed by atoms with Gasteiger partial charge in [0.15, 0.2) is 6.61 Å². The van der Waals surface area contributed by atoms with Gasteiger partial charge in [-0.25, -0.2) is 0 Å². The third-order valence-corrected chi connectivity index (χ3v) is 5.20. The van der Waals surface area contributed by atoms with Crippen LogP contribution < -0.4 is 4.74 Å². The number of ether oxygens (including phenoxy) is 1. The van der Waals surface area contributed by atoms with Crippen LogP contribution in [0.3, 0.4) is 0 Å². The van der Waals surface area contributed by atoms with Crippen LogP contribution in [0.4, 0.5) is 0 Å². The van der Waals surface area contributed by atoms with E-state index in [9.17, 15) is 4.79 Å². The van der Waals surface area contributed by atoms with Crippen molar-refractivity contribution in [3.8, 4) is 5.75 Å². The lowest BCUT2D eigenvalue weighted by molar-refractivity contribution is -0.135. The zero-order chi connectivity index (χ0) is 16.1. The summed E-state index contributed by atoms with van der Waals surface area (Å²) in [5.74, 6) is 1.72. The highest BCUT2D eigenvalue weighted by molar-refractivity contribution is 5.77. The fourth-order valence-electron chi connectivity index (χ4n) is 3.82. The van der Waals surface area contributed by atoms with E-state index in [-0.39, 0.29) is 12.5 Å². The molecule has 1 aromatic rings. The molecule has 2 fully saturated rings. The van der Waals surface area contributed by atoms with Crippen LogP contribution in [0.5, 0.6) is 5.75 Å². The Hall–Kier alpha value is -1.55. The number of carbonyl (C=O) groups is 1. The lowest BCUT2D eigenvalue weighted by atomic mass is 9.86. The minimum atomic E-state index is 0.102. The number of para-hydroxylation sites is 1. The van der Waals surface area contributed by atoms with E-state index in [4.69, 9.17) is 4.74 Å². The first-order valence-corrected chi connectivity index (χ1v) is 8.92. The predicted octanol–water partition coefficient (Wildman–Crippen LogP) is 2.79. The summed E-state index contributed by atoms with van der Waals surface area (Å²) in [4.78, 5) is 16.8. The summed E-state index contributed by atoms with van der Waals surface area (Å²) in [5, 5.41) is 0. The number of amides is 1. The molecule has 4 nitrogen and oxygen atoms in total. The van der Waals surface area contributed by atoms with Gasteiger partial charge >= 0.3 is 0 Å². The van der Waals surface area contributed by atoms with Gasteiger partial charge in [0, 0.05) is 32.2 Å². The van der Waals surface area contributed by atoms with Gasteiger partial charge in [0.2, 0.25) is 0 Å². The van der Waals surface area contributed by atoms with Crippen LogP contribution >= 0.6 is 0 Å². The van der Waals surface area contributed by atoms with Gasteiger partial charge in [-0.3, -0.25) is 9.69 Å². The minimum absolute atomic E-state index is 0.102. The highest BCUT2D eigenvalue weighted by atomic mass is 16.5. The van der Waals surface area contributed by atoms with Crippen LogP contribution in [0.2, 0.25) is 0 Å². The second-order valence-corrected chi connectivity index (χ2v) is 6.94. The maximum absolute atomic E-state index is 12.3. The van der Waals surface area contributed by atoms with Gasteiger partial charge in [-0.15, -0.1) is 0 Å². The van der Waals surface area contributed by atoms with E-state index in [2.05, 4.69) is 11.8 Å². The molecule has 0 N–H and O–H groups in total. The van der Waals surface area contributed by atoms with Gasteiger partial charge in [-0.1, -0.05) is 38.0 Å². The van der Waals surface area contributed by atoms with E-state index in [0.29, 0.717) is 0 Å². The van der Waals surface area contributed by atoms with Crippen molar-refractivity contribution in [3.05, 3.63) is 30.3 Å². The first-order valence-electron chi connectivity index (χ1n) is 8.92. The Morgan fingerprint density at radius 1 is 1.13 bits per heavy atom. The van der Waals surface area contributed by atoms with E-state index < -0.39 is 0 Å². The summed E-state index contributed by atoms with van der Waals surface area (Å²) in [6, 6.07) is 10.3. The van der Waals surface area contributed by atoms with E-state index in [1.165, 1.54) is 25.7 Å². The van der Waals surface area contributed by atoms with Crippen LogP contribution in [0, 0.1) is 5.92 Å². The van der Waals surface area contributed by atoms with Gasteiger partial charge in [0.1, 0.15) is 5.75 Å². The fraction of sp³-hybridized carbons (Fsp3) is 0.632. The van der Waals surface area contributed by atoms with Gasteiger partial charge in [-0.2, -0.15) is 0 Å². The maximum atomic E-state index is 12.3. The normalized spacial score (nSPS) is 26.0.